The van der Waals surface area contributed by atoms with E-state index in [0.717, 1.165) is 5.56 Å². The molecule has 6 heteroatoms. The fourth-order valence-corrected chi connectivity index (χ4v) is 1.94. The van der Waals surface area contributed by atoms with Gasteiger partial charge in [-0.25, -0.2) is 4.79 Å². The molecule has 1 aromatic carbocycles. The lowest BCUT2D eigenvalue weighted by Crippen LogP contribution is -2.11. The molecule has 0 saturated carbocycles. The van der Waals surface area contributed by atoms with E-state index in [1.54, 1.807) is 19.1 Å². The third-order valence-electron chi connectivity index (χ3n) is 2.47. The van der Waals surface area contributed by atoms with Gasteiger partial charge in [0.15, 0.2) is 6.10 Å². The average Bonchev–Trinajstić information content (AvgIpc) is 2.35. The third-order valence-corrected chi connectivity index (χ3v) is 2.73. The molecule has 0 saturated heterocycles. The summed E-state index contributed by atoms with van der Waals surface area (Å²) in [6, 6.07) is 4.76. The molecule has 2 N–H and O–H groups in total. The number of carbonyl (C=O) groups is 2. The summed E-state index contributed by atoms with van der Waals surface area (Å²) in [5.41, 5.74) is 0.981. The van der Waals surface area contributed by atoms with Crippen LogP contribution in [0.5, 0.6) is 0 Å². The smallest absolute Gasteiger partial charge is 0.337 e. The number of hydrogen-bond acceptors (Lipinski definition) is 5. The van der Waals surface area contributed by atoms with E-state index in [1.807, 2.05) is 0 Å². The molecular formula is C13H16O5S. The molecule has 1 unspecified atom stereocenters. The molecule has 1 aromatic rings. The zero-order chi connectivity index (χ0) is 14.4. The van der Waals surface area contributed by atoms with Gasteiger partial charge in [0.25, 0.3) is 0 Å². The summed E-state index contributed by atoms with van der Waals surface area (Å²) < 4.78 is 4.81. The van der Waals surface area contributed by atoms with Crippen molar-refractivity contribution >= 4 is 24.6 Å². The van der Waals surface area contributed by atoms with Crippen molar-refractivity contribution in [2.45, 2.75) is 30.8 Å². The lowest BCUT2D eigenvalue weighted by Gasteiger charge is -2.10. The van der Waals surface area contributed by atoms with Crippen molar-refractivity contribution in [2.24, 2.45) is 0 Å². The number of rotatable bonds is 6. The molecule has 0 heterocycles. The minimum Gasteiger partial charge on any atom is -0.479 e. The monoisotopic (exact) mass is 284 g/mol. The fraction of sp³-hybridized carbons (Fsp3) is 0.385. The van der Waals surface area contributed by atoms with Crippen molar-refractivity contribution in [3.8, 4) is 0 Å². The van der Waals surface area contributed by atoms with Crippen molar-refractivity contribution < 1.29 is 24.5 Å². The van der Waals surface area contributed by atoms with E-state index in [0.29, 0.717) is 17.9 Å². The molecule has 0 bridgehead atoms. The quantitative estimate of drug-likeness (QED) is 0.546. The SMILES string of the molecule is CCOC(=O)CCc1cc(S)cc(C(O)C(=O)O)c1. The van der Waals surface area contributed by atoms with E-state index >= 15 is 0 Å². The van der Waals surface area contributed by atoms with Crippen LogP contribution >= 0.6 is 12.6 Å². The number of aryl methyl sites for hydroxylation is 1. The maximum Gasteiger partial charge on any atom is 0.337 e. The van der Waals surface area contributed by atoms with Gasteiger partial charge in [-0.1, -0.05) is 6.07 Å². The van der Waals surface area contributed by atoms with Gasteiger partial charge in [-0.05, 0) is 36.6 Å². The van der Waals surface area contributed by atoms with Crippen LogP contribution in [-0.2, 0) is 20.7 Å². The first kappa shape index (κ1) is 15.5. The van der Waals surface area contributed by atoms with Gasteiger partial charge in [-0.15, -0.1) is 12.6 Å². The van der Waals surface area contributed by atoms with Crippen LogP contribution in [-0.4, -0.2) is 28.8 Å². The average molecular weight is 284 g/mol. The largest absolute Gasteiger partial charge is 0.479 e. The highest BCUT2D eigenvalue weighted by atomic mass is 32.1. The van der Waals surface area contributed by atoms with E-state index in [1.165, 1.54) is 6.07 Å². The van der Waals surface area contributed by atoms with E-state index < -0.39 is 12.1 Å². The van der Waals surface area contributed by atoms with Gasteiger partial charge in [-0.3, -0.25) is 4.79 Å². The van der Waals surface area contributed by atoms with Crippen molar-refractivity contribution in [1.82, 2.24) is 0 Å². The number of esters is 1. The van der Waals surface area contributed by atoms with Gasteiger partial charge in [-0.2, -0.15) is 0 Å². The number of carboxylic acid groups (broad SMARTS) is 1. The van der Waals surface area contributed by atoms with E-state index in [2.05, 4.69) is 12.6 Å². The van der Waals surface area contributed by atoms with Crippen LogP contribution in [0.25, 0.3) is 0 Å². The predicted molar refractivity (Wildman–Crippen MR) is 71.2 cm³/mol. The lowest BCUT2D eigenvalue weighted by atomic mass is 10.0. The molecule has 1 atom stereocenters. The summed E-state index contributed by atoms with van der Waals surface area (Å²) >= 11 is 4.15. The van der Waals surface area contributed by atoms with Crippen molar-refractivity contribution in [1.29, 1.82) is 0 Å². The highest BCUT2D eigenvalue weighted by Gasteiger charge is 2.17. The highest BCUT2D eigenvalue weighted by Crippen LogP contribution is 2.21. The lowest BCUT2D eigenvalue weighted by molar-refractivity contribution is -0.147. The second-order valence-electron chi connectivity index (χ2n) is 3.98. The summed E-state index contributed by atoms with van der Waals surface area (Å²) in [6.07, 6.45) is -0.978. The second-order valence-corrected chi connectivity index (χ2v) is 4.49. The Morgan fingerprint density at radius 2 is 2.05 bits per heavy atom. The van der Waals surface area contributed by atoms with Crippen LogP contribution in [0.4, 0.5) is 0 Å². The molecule has 1 rings (SSSR count). The molecule has 0 fully saturated rings. The predicted octanol–water partition coefficient (Wildman–Crippen LogP) is 1.59. The molecule has 104 valence electrons. The van der Waals surface area contributed by atoms with Gasteiger partial charge in [0.2, 0.25) is 0 Å². The summed E-state index contributed by atoms with van der Waals surface area (Å²) in [4.78, 5) is 22.5. The third kappa shape index (κ3) is 4.92. The van der Waals surface area contributed by atoms with Gasteiger partial charge in [0.05, 0.1) is 6.61 Å². The molecule has 0 aliphatic carbocycles. The minimum atomic E-state index is -1.59. The Bertz CT molecular complexity index is 472. The summed E-state index contributed by atoms with van der Waals surface area (Å²) in [6.45, 7) is 2.06. The van der Waals surface area contributed by atoms with Gasteiger partial charge >= 0.3 is 11.9 Å². The first-order valence-electron chi connectivity index (χ1n) is 5.83. The number of thiol groups is 1. The number of aliphatic carboxylic acids is 1. The second kappa shape index (κ2) is 7.16. The maximum atomic E-state index is 11.2. The van der Waals surface area contributed by atoms with E-state index in [-0.39, 0.29) is 18.0 Å². The summed E-state index contributed by atoms with van der Waals surface area (Å²) in [5, 5.41) is 18.2. The van der Waals surface area contributed by atoms with Crippen LogP contribution < -0.4 is 0 Å². The molecule has 0 amide bonds. The Hall–Kier alpha value is -1.53. The summed E-state index contributed by atoms with van der Waals surface area (Å²) in [5.74, 6) is -1.64. The Balaban J connectivity index is 2.79. The molecule has 0 radical (unpaired) electrons. The zero-order valence-corrected chi connectivity index (χ0v) is 11.4. The maximum absolute atomic E-state index is 11.2. The summed E-state index contributed by atoms with van der Waals surface area (Å²) in [7, 11) is 0. The van der Waals surface area contributed by atoms with Crippen molar-refractivity contribution in [3.63, 3.8) is 0 Å². The van der Waals surface area contributed by atoms with Gasteiger partial charge < -0.3 is 14.9 Å². The van der Waals surface area contributed by atoms with Gasteiger partial charge in [0.1, 0.15) is 0 Å². The Labute approximate surface area is 116 Å². The molecule has 0 aromatic heterocycles. The molecule has 0 spiro atoms. The number of carboxylic acids is 1. The number of aliphatic hydroxyl groups is 1. The molecule has 19 heavy (non-hydrogen) atoms. The van der Waals surface area contributed by atoms with Crippen LogP contribution in [0.1, 0.15) is 30.6 Å². The molecular weight excluding hydrogens is 268 g/mol. The Morgan fingerprint density at radius 3 is 2.63 bits per heavy atom. The molecule has 5 nitrogen and oxygen atoms in total. The first-order valence-corrected chi connectivity index (χ1v) is 6.28. The fourth-order valence-electron chi connectivity index (χ4n) is 1.62. The van der Waals surface area contributed by atoms with Gasteiger partial charge in [0, 0.05) is 11.3 Å². The minimum absolute atomic E-state index is 0.202. The van der Waals surface area contributed by atoms with Crippen LogP contribution in [0.3, 0.4) is 0 Å². The van der Waals surface area contributed by atoms with Crippen LogP contribution in [0, 0.1) is 0 Å². The Morgan fingerprint density at radius 1 is 1.37 bits per heavy atom. The zero-order valence-electron chi connectivity index (χ0n) is 10.5. The van der Waals surface area contributed by atoms with Crippen molar-refractivity contribution in [3.05, 3.63) is 29.3 Å². The Kier molecular flexibility index (Phi) is 5.85. The number of benzene rings is 1. The number of hydrogen-bond donors (Lipinski definition) is 3. The van der Waals surface area contributed by atoms with Crippen molar-refractivity contribution in [2.75, 3.05) is 6.61 Å². The highest BCUT2D eigenvalue weighted by molar-refractivity contribution is 7.80. The van der Waals surface area contributed by atoms with Crippen LogP contribution in [0.15, 0.2) is 23.1 Å². The van der Waals surface area contributed by atoms with E-state index in [9.17, 15) is 14.7 Å². The topological polar surface area (TPSA) is 83.8 Å². The normalized spacial score (nSPS) is 11.9. The number of carbonyl (C=O) groups excluding carboxylic acids is 1. The molecule has 0 aliphatic rings. The van der Waals surface area contributed by atoms with Crippen LogP contribution in [0.2, 0.25) is 0 Å². The van der Waals surface area contributed by atoms with E-state index in [4.69, 9.17) is 9.84 Å². The first-order chi connectivity index (χ1) is 8.93. The number of aliphatic hydroxyl groups excluding tert-OH is 1. The number of ether oxygens (including phenoxy) is 1. The standard InChI is InChI=1S/C13H16O5S/c1-2-18-11(14)4-3-8-5-9(7-10(19)6-8)12(15)13(16)17/h5-7,12,15,19H,2-4H2,1H3,(H,16,17). The molecule has 0 aliphatic heterocycles.